The van der Waals surface area contributed by atoms with Gasteiger partial charge in [-0.1, -0.05) is 0 Å². The van der Waals surface area contributed by atoms with Gasteiger partial charge in [-0.3, -0.25) is 29.0 Å². The van der Waals surface area contributed by atoms with Gasteiger partial charge < -0.3 is 45.1 Å². The van der Waals surface area contributed by atoms with Gasteiger partial charge in [-0.15, -0.1) is 0 Å². The van der Waals surface area contributed by atoms with Crippen LogP contribution in [0, 0.1) is 0 Å². The summed E-state index contributed by atoms with van der Waals surface area (Å²) in [5, 5.41) is 34.5. The maximum absolute atomic E-state index is 10.6. The van der Waals surface area contributed by atoms with Gasteiger partial charge >= 0.3 is 83.0 Å². The Hall–Kier alpha value is -0.130. The van der Waals surface area contributed by atoms with Gasteiger partial charge in [0.15, 0.2) is 0 Å². The van der Waals surface area contributed by atoms with Gasteiger partial charge in [0.2, 0.25) is 0 Å². The fraction of sp³-hybridized carbons (Fsp3) is 0.600. The summed E-state index contributed by atoms with van der Waals surface area (Å²) in [6.45, 7) is -2.25. The summed E-state index contributed by atoms with van der Waals surface area (Å²) >= 11 is 0. The number of rotatable bonds is 11. The molecule has 0 amide bonds. The largest absolute Gasteiger partial charge is 1.00 e. The van der Waals surface area contributed by atoms with Crippen LogP contribution in [0.3, 0.4) is 0 Å². The number of carboxylic acid groups (broad SMARTS) is 4. The zero-order chi connectivity index (χ0) is 20.2. The quantitative estimate of drug-likeness (QED) is 0.144. The Morgan fingerprint density at radius 3 is 0.929 bits per heavy atom. The van der Waals surface area contributed by atoms with Crippen LogP contribution < -0.4 is 68.9 Å². The molecule has 154 valence electrons. The zero-order valence-electron chi connectivity index (χ0n) is 15.2. The maximum Gasteiger partial charge on any atom is 1.00 e. The predicted octanol–water partition coefficient (Wildman–Crippen LogP) is -11.1. The van der Waals surface area contributed by atoms with Gasteiger partial charge in [-0.05, 0) is 0 Å². The topological polar surface area (TPSA) is 271 Å². The first-order valence-electron chi connectivity index (χ1n) is 6.27. The maximum atomic E-state index is 10.6. The molecule has 0 aliphatic carbocycles. The molecular weight excluding hydrogens is 433 g/mol. The Labute approximate surface area is 203 Å². The average molecular weight is 452 g/mol. The molecular formula is C10H19N2Na2O13P. The molecule has 0 bridgehead atoms. The molecule has 0 aliphatic heterocycles. The Kier molecular flexibility index (Phi) is 27.7. The van der Waals surface area contributed by atoms with Crippen molar-refractivity contribution in [1.29, 1.82) is 0 Å². The van der Waals surface area contributed by atoms with Crippen LogP contribution in [0.5, 0.6) is 0 Å². The monoisotopic (exact) mass is 452 g/mol. The number of nitrogens with zero attached hydrogens (tertiary/aromatic N) is 2. The third kappa shape index (κ3) is 36.7. The van der Waals surface area contributed by atoms with Crippen LogP contribution in [0.1, 0.15) is 0 Å². The number of phosphoric acid groups is 1. The number of carboxylic acids is 4. The van der Waals surface area contributed by atoms with Crippen LogP contribution in [0.25, 0.3) is 0 Å². The van der Waals surface area contributed by atoms with Crippen LogP contribution in [0.15, 0.2) is 0 Å². The average Bonchev–Trinajstić information content (AvgIpc) is 2.30. The molecule has 18 heteroatoms. The van der Waals surface area contributed by atoms with Crippen molar-refractivity contribution in [2.24, 2.45) is 0 Å². The summed E-state index contributed by atoms with van der Waals surface area (Å²) in [5.41, 5.74) is 0. The number of hydrogen-bond donors (Lipinski definition) is 5. The Balaban J connectivity index is -0.000000195. The van der Waals surface area contributed by atoms with Gasteiger partial charge in [0, 0.05) is 13.1 Å². The first-order valence-corrected chi connectivity index (χ1v) is 7.77. The fourth-order valence-corrected chi connectivity index (χ4v) is 1.48. The van der Waals surface area contributed by atoms with Crippen molar-refractivity contribution in [3.8, 4) is 0 Å². The van der Waals surface area contributed by atoms with Crippen molar-refractivity contribution in [3.05, 3.63) is 0 Å². The first-order chi connectivity index (χ1) is 11.2. The van der Waals surface area contributed by atoms with E-state index in [1.54, 1.807) is 0 Å². The summed E-state index contributed by atoms with van der Waals surface area (Å²) in [6.07, 6.45) is 0. The molecule has 0 saturated heterocycles. The van der Waals surface area contributed by atoms with Gasteiger partial charge in [-0.25, -0.2) is 0 Å². The van der Waals surface area contributed by atoms with Crippen molar-refractivity contribution in [2.45, 2.75) is 0 Å². The molecule has 7 N–H and O–H groups in total. The molecule has 0 atom stereocenters. The molecule has 0 unspecified atom stereocenters. The molecule has 28 heavy (non-hydrogen) atoms. The Morgan fingerprint density at radius 1 is 0.679 bits per heavy atom. The van der Waals surface area contributed by atoms with E-state index in [0.717, 1.165) is 9.80 Å². The molecule has 0 heterocycles. The van der Waals surface area contributed by atoms with E-state index in [0.29, 0.717) is 0 Å². The summed E-state index contributed by atoms with van der Waals surface area (Å²) in [6, 6.07) is 0. The third-order valence-electron chi connectivity index (χ3n) is 2.17. The van der Waals surface area contributed by atoms with Crippen LogP contribution in [0.4, 0.5) is 0 Å². The third-order valence-corrected chi connectivity index (χ3v) is 2.17. The predicted molar refractivity (Wildman–Crippen MR) is 76.9 cm³/mol. The Bertz CT molecular complexity index is 453. The van der Waals surface area contributed by atoms with Gasteiger partial charge in [-0.2, -0.15) is 0 Å². The number of hydrogen-bond acceptors (Lipinski definition) is 9. The summed E-state index contributed by atoms with van der Waals surface area (Å²) < 4.78 is 8.66. The molecule has 15 nitrogen and oxygen atoms in total. The fourth-order valence-electron chi connectivity index (χ4n) is 1.48. The smallest absolute Gasteiger partial charge is 0.790 e. The van der Waals surface area contributed by atoms with E-state index in [1.807, 2.05) is 0 Å². The van der Waals surface area contributed by atoms with E-state index < -0.39 is 57.9 Å². The van der Waals surface area contributed by atoms with E-state index in [9.17, 15) is 19.2 Å². The molecule has 0 rings (SSSR count). The van der Waals surface area contributed by atoms with E-state index in [1.165, 1.54) is 0 Å². The second-order valence-electron chi connectivity index (χ2n) is 4.46. The minimum Gasteiger partial charge on any atom is -0.790 e. The normalized spacial score (nSPS) is 9.75. The van der Waals surface area contributed by atoms with E-state index in [4.69, 9.17) is 39.7 Å². The van der Waals surface area contributed by atoms with Crippen molar-refractivity contribution in [3.63, 3.8) is 0 Å². The molecule has 0 radical (unpaired) electrons. The van der Waals surface area contributed by atoms with Gasteiger partial charge in [0.25, 0.3) is 0 Å². The summed E-state index contributed by atoms with van der Waals surface area (Å²) in [4.78, 5) is 68.6. The van der Waals surface area contributed by atoms with Crippen LogP contribution >= 0.6 is 7.82 Å². The zero-order valence-corrected chi connectivity index (χ0v) is 20.1. The second kappa shape index (κ2) is 20.2. The van der Waals surface area contributed by atoms with Crippen LogP contribution in [-0.2, 0) is 23.7 Å². The van der Waals surface area contributed by atoms with Crippen LogP contribution in [0.2, 0.25) is 0 Å². The minimum atomic E-state index is -5.14. The van der Waals surface area contributed by atoms with Crippen molar-refractivity contribution >= 4 is 31.7 Å². The number of aliphatic carboxylic acids is 4. The molecule has 0 aromatic carbocycles. The van der Waals surface area contributed by atoms with E-state index in [2.05, 4.69) is 0 Å². The molecule has 0 aromatic heterocycles. The Morgan fingerprint density at radius 2 is 0.821 bits per heavy atom. The standard InChI is InChI=1S/C10H16N2O8.2Na.H3O4P.H2O/c13-7(14)3-11(4-8(15)16)1-2-12(5-9(17)18)6-10(19)20;;;1-5(2,3)4;/h1-6H2,(H,13,14)(H,15,16)(H,17,18)(H,19,20);;;(H3,1,2,3,4);1H2/q;2*+1;;/p-2. The molecule has 0 saturated carbocycles. The van der Waals surface area contributed by atoms with Gasteiger partial charge in [0.05, 0.1) is 34.0 Å². The molecule has 0 aromatic rings. The second-order valence-corrected chi connectivity index (χ2v) is 5.40. The molecule has 0 fully saturated rings. The van der Waals surface area contributed by atoms with E-state index in [-0.39, 0.29) is 77.7 Å². The summed E-state index contributed by atoms with van der Waals surface area (Å²) in [7, 11) is -5.14. The first kappa shape index (κ1) is 38.5. The molecule has 0 aliphatic rings. The minimum absolute atomic E-state index is 0. The van der Waals surface area contributed by atoms with Crippen molar-refractivity contribution < 1.29 is 123 Å². The van der Waals surface area contributed by atoms with Crippen LogP contribution in [-0.4, -0.2) is 104 Å². The van der Waals surface area contributed by atoms with E-state index >= 15 is 0 Å². The van der Waals surface area contributed by atoms with Gasteiger partial charge in [0.1, 0.15) is 0 Å². The molecule has 0 spiro atoms. The summed E-state index contributed by atoms with van der Waals surface area (Å²) in [5.74, 6) is -4.91. The van der Waals surface area contributed by atoms with Crippen molar-refractivity contribution in [1.82, 2.24) is 9.80 Å². The number of carbonyl (C=O) groups is 4. The SMILES string of the molecule is O.O=C(O)CN(CCN(CC(=O)O)CC(=O)O)CC(=O)O.O=P([O-])([O-])O.[Na+].[Na+]. The van der Waals surface area contributed by atoms with Crippen molar-refractivity contribution in [2.75, 3.05) is 39.3 Å².